The van der Waals surface area contributed by atoms with Gasteiger partial charge in [0.25, 0.3) is 5.69 Å². The predicted molar refractivity (Wildman–Crippen MR) is 99.8 cm³/mol. The van der Waals surface area contributed by atoms with Gasteiger partial charge in [-0.15, -0.1) is 0 Å². The third-order valence-corrected chi connectivity index (χ3v) is 6.95. The summed E-state index contributed by atoms with van der Waals surface area (Å²) in [5, 5.41) is 11.1. The summed E-state index contributed by atoms with van der Waals surface area (Å²) in [5.74, 6) is 0.598. The van der Waals surface area contributed by atoms with Crippen LogP contribution in [-0.2, 0) is 10.0 Å². The summed E-state index contributed by atoms with van der Waals surface area (Å²) in [5.41, 5.74) is 1.88. The van der Waals surface area contributed by atoms with Gasteiger partial charge in [-0.3, -0.25) is 10.1 Å². The maximum Gasteiger partial charge on any atom is 0.270 e. The van der Waals surface area contributed by atoms with Crippen LogP contribution >= 0.6 is 0 Å². The highest BCUT2D eigenvalue weighted by Crippen LogP contribution is 2.37. The van der Waals surface area contributed by atoms with Crippen molar-refractivity contribution in [1.29, 1.82) is 0 Å². The Balaban J connectivity index is 1.77. The molecule has 140 valence electrons. The molecule has 0 radical (unpaired) electrons. The molecule has 0 amide bonds. The maximum atomic E-state index is 13.3. The number of hydrogen-bond acceptors (Lipinski definition) is 5. The number of aromatic nitrogens is 2. The van der Waals surface area contributed by atoms with E-state index in [0.717, 1.165) is 17.1 Å². The number of nitrogens with zero attached hydrogens (tertiary/aromatic N) is 3. The molecule has 1 atom stereocenters. The van der Waals surface area contributed by atoms with Gasteiger partial charge in [-0.05, 0) is 37.5 Å². The lowest BCUT2D eigenvalue weighted by molar-refractivity contribution is -0.385. The summed E-state index contributed by atoms with van der Waals surface area (Å²) >= 11 is 0. The zero-order valence-corrected chi connectivity index (χ0v) is 15.4. The van der Waals surface area contributed by atoms with Gasteiger partial charge >= 0.3 is 0 Å². The minimum Gasteiger partial charge on any atom is -0.341 e. The van der Waals surface area contributed by atoms with Gasteiger partial charge in [-0.1, -0.05) is 18.2 Å². The first-order valence-corrected chi connectivity index (χ1v) is 10.0. The van der Waals surface area contributed by atoms with Crippen molar-refractivity contribution in [3.05, 3.63) is 64.0 Å². The second-order valence-electron chi connectivity index (χ2n) is 6.62. The monoisotopic (exact) mass is 386 g/mol. The van der Waals surface area contributed by atoms with Crippen molar-refractivity contribution in [2.24, 2.45) is 0 Å². The maximum absolute atomic E-state index is 13.3. The minimum absolute atomic E-state index is 0.0280. The van der Waals surface area contributed by atoms with Crippen LogP contribution in [0, 0.1) is 17.0 Å². The van der Waals surface area contributed by atoms with Crippen molar-refractivity contribution in [2.75, 3.05) is 6.54 Å². The van der Waals surface area contributed by atoms with E-state index < -0.39 is 21.0 Å². The largest absolute Gasteiger partial charge is 0.341 e. The Labute approximate surface area is 156 Å². The predicted octanol–water partition coefficient (Wildman–Crippen LogP) is 3.31. The van der Waals surface area contributed by atoms with Gasteiger partial charge in [-0.2, -0.15) is 4.31 Å². The number of aryl methyl sites for hydroxylation is 1. The van der Waals surface area contributed by atoms with Gasteiger partial charge in [0.05, 0.1) is 26.9 Å². The van der Waals surface area contributed by atoms with E-state index in [1.165, 1.54) is 16.4 Å². The van der Waals surface area contributed by atoms with Crippen molar-refractivity contribution in [3.63, 3.8) is 0 Å². The topological polar surface area (TPSA) is 109 Å². The zero-order valence-electron chi connectivity index (χ0n) is 14.6. The molecule has 0 saturated carbocycles. The number of non-ortho nitro benzene ring substituents is 1. The van der Waals surface area contributed by atoms with Crippen LogP contribution in [-0.4, -0.2) is 34.2 Å². The number of para-hydroxylation sites is 2. The lowest BCUT2D eigenvalue weighted by Crippen LogP contribution is -2.31. The van der Waals surface area contributed by atoms with Crippen LogP contribution in [0.25, 0.3) is 11.0 Å². The molecule has 1 aliphatic heterocycles. The fourth-order valence-electron chi connectivity index (χ4n) is 3.54. The molecule has 1 aromatic heterocycles. The molecule has 1 aliphatic rings. The lowest BCUT2D eigenvalue weighted by Gasteiger charge is -2.23. The number of imidazole rings is 1. The van der Waals surface area contributed by atoms with Crippen molar-refractivity contribution >= 4 is 26.7 Å². The van der Waals surface area contributed by atoms with Crippen LogP contribution in [0.5, 0.6) is 0 Å². The first kappa shape index (κ1) is 17.6. The third-order valence-electron chi connectivity index (χ3n) is 4.90. The van der Waals surface area contributed by atoms with E-state index in [1.54, 1.807) is 6.92 Å². The summed E-state index contributed by atoms with van der Waals surface area (Å²) in [6.45, 7) is 2.00. The Bertz CT molecular complexity index is 1110. The van der Waals surface area contributed by atoms with Crippen molar-refractivity contribution in [2.45, 2.75) is 30.7 Å². The van der Waals surface area contributed by atoms with Crippen molar-refractivity contribution in [1.82, 2.24) is 14.3 Å². The first-order chi connectivity index (χ1) is 12.9. The molecule has 3 aromatic rings. The van der Waals surface area contributed by atoms with Crippen LogP contribution in [0.2, 0.25) is 0 Å². The fraction of sp³-hybridized carbons (Fsp3) is 0.278. The molecule has 0 bridgehead atoms. The minimum atomic E-state index is -3.89. The number of nitrogens with one attached hydrogen (secondary N) is 1. The molecule has 0 aliphatic carbocycles. The highest BCUT2D eigenvalue weighted by Gasteiger charge is 2.39. The summed E-state index contributed by atoms with van der Waals surface area (Å²) < 4.78 is 28.0. The highest BCUT2D eigenvalue weighted by molar-refractivity contribution is 7.89. The molecule has 2 heterocycles. The average molecular weight is 386 g/mol. The zero-order chi connectivity index (χ0) is 19.2. The molecule has 0 spiro atoms. The number of sulfonamides is 1. The molecule has 0 unspecified atom stereocenters. The Morgan fingerprint density at radius 3 is 2.78 bits per heavy atom. The van der Waals surface area contributed by atoms with Crippen molar-refractivity contribution in [3.8, 4) is 0 Å². The van der Waals surface area contributed by atoms with Crippen LogP contribution in [0.15, 0.2) is 47.4 Å². The van der Waals surface area contributed by atoms with Crippen LogP contribution < -0.4 is 0 Å². The van der Waals surface area contributed by atoms with Gasteiger partial charge in [0, 0.05) is 18.7 Å². The molecular formula is C18H18N4O4S. The fourth-order valence-corrected chi connectivity index (χ4v) is 5.45. The Hall–Kier alpha value is -2.78. The standard InChI is InChI=1S/C18H18N4O4S/c1-12-8-9-13(22(23)24)11-17(12)27(25,26)21-10-4-7-16(21)18-19-14-5-2-3-6-15(14)20-18/h2-3,5-6,8-9,11,16H,4,7,10H2,1H3,(H,19,20)/t16-/m0/s1. The van der Waals surface area contributed by atoms with Gasteiger partial charge in [0.15, 0.2) is 0 Å². The number of aromatic amines is 1. The van der Waals surface area contributed by atoms with Gasteiger partial charge in [0.1, 0.15) is 5.82 Å². The van der Waals surface area contributed by atoms with E-state index in [0.29, 0.717) is 30.8 Å². The summed E-state index contributed by atoms with van der Waals surface area (Å²) in [4.78, 5) is 18.2. The summed E-state index contributed by atoms with van der Waals surface area (Å²) in [7, 11) is -3.89. The van der Waals surface area contributed by atoms with Gasteiger partial charge in [0.2, 0.25) is 10.0 Å². The molecule has 8 nitrogen and oxygen atoms in total. The molecule has 2 aromatic carbocycles. The second-order valence-corrected chi connectivity index (χ2v) is 8.48. The highest BCUT2D eigenvalue weighted by atomic mass is 32.2. The molecule has 1 fully saturated rings. The van der Waals surface area contributed by atoms with E-state index in [2.05, 4.69) is 9.97 Å². The van der Waals surface area contributed by atoms with E-state index in [-0.39, 0.29) is 10.6 Å². The first-order valence-electron chi connectivity index (χ1n) is 8.59. The molecule has 4 rings (SSSR count). The average Bonchev–Trinajstić information content (AvgIpc) is 3.28. The number of benzene rings is 2. The third kappa shape index (κ3) is 2.98. The SMILES string of the molecule is Cc1ccc([N+](=O)[O-])cc1S(=O)(=O)N1CCC[C@H]1c1nc2ccccc2[nH]1. The van der Waals surface area contributed by atoms with E-state index in [1.807, 2.05) is 24.3 Å². The van der Waals surface area contributed by atoms with E-state index in [9.17, 15) is 18.5 Å². The molecule has 1 saturated heterocycles. The van der Waals surface area contributed by atoms with E-state index in [4.69, 9.17) is 0 Å². The van der Waals surface area contributed by atoms with Crippen LogP contribution in [0.3, 0.4) is 0 Å². The number of nitro benzene ring substituents is 1. The van der Waals surface area contributed by atoms with Gasteiger partial charge < -0.3 is 4.98 Å². The smallest absolute Gasteiger partial charge is 0.270 e. The van der Waals surface area contributed by atoms with Gasteiger partial charge in [-0.25, -0.2) is 13.4 Å². The molecule has 9 heteroatoms. The lowest BCUT2D eigenvalue weighted by atomic mass is 10.2. The van der Waals surface area contributed by atoms with Crippen LogP contribution in [0.4, 0.5) is 5.69 Å². The molecule has 1 N–H and O–H groups in total. The van der Waals surface area contributed by atoms with E-state index >= 15 is 0 Å². The normalized spacial score (nSPS) is 18.2. The number of rotatable bonds is 4. The van der Waals surface area contributed by atoms with Crippen LogP contribution in [0.1, 0.15) is 30.3 Å². The summed E-state index contributed by atoms with van der Waals surface area (Å²) in [6.07, 6.45) is 1.35. The molecule has 27 heavy (non-hydrogen) atoms. The Morgan fingerprint density at radius 1 is 1.26 bits per heavy atom. The Morgan fingerprint density at radius 2 is 2.04 bits per heavy atom. The number of H-pyrrole nitrogens is 1. The number of hydrogen-bond donors (Lipinski definition) is 1. The molecular weight excluding hydrogens is 368 g/mol. The Kier molecular flexibility index (Phi) is 4.20. The number of fused-ring (bicyclic) bond motifs is 1. The summed E-state index contributed by atoms with van der Waals surface area (Å²) in [6, 6.07) is 11.0. The van der Waals surface area contributed by atoms with Crippen molar-refractivity contribution < 1.29 is 13.3 Å². The quantitative estimate of drug-likeness (QED) is 0.546. The second kappa shape index (κ2) is 6.43. The number of nitro groups is 1.